The van der Waals surface area contributed by atoms with Gasteiger partial charge >= 0.3 is 5.97 Å². The Morgan fingerprint density at radius 3 is 2.60 bits per heavy atom. The molecule has 8 heteroatoms. The van der Waals surface area contributed by atoms with E-state index >= 15 is 0 Å². The van der Waals surface area contributed by atoms with Crippen molar-refractivity contribution in [2.75, 3.05) is 6.54 Å². The molecule has 0 aliphatic heterocycles. The molecule has 7 nitrogen and oxygen atoms in total. The Balaban J connectivity index is 2.82. The molecule has 1 rings (SSSR count). The van der Waals surface area contributed by atoms with Gasteiger partial charge in [-0.2, -0.15) is 0 Å². The number of carbonyl (C=O) groups is 2. The Morgan fingerprint density at radius 2 is 2.10 bits per heavy atom. The van der Waals surface area contributed by atoms with Gasteiger partial charge in [-0.15, -0.1) is 0 Å². The SMILES string of the molecule is CCC(CNC(=O)c1cc(Br)cc([N+](=O)[O-])c1)C(=O)O. The second-order valence-electron chi connectivity index (χ2n) is 4.11. The first-order valence-electron chi connectivity index (χ1n) is 5.81. The molecular weight excluding hydrogens is 332 g/mol. The zero-order chi connectivity index (χ0) is 15.3. The van der Waals surface area contributed by atoms with Crippen LogP contribution in [-0.2, 0) is 4.79 Å². The monoisotopic (exact) mass is 344 g/mol. The highest BCUT2D eigenvalue weighted by Gasteiger charge is 2.18. The fourth-order valence-electron chi connectivity index (χ4n) is 1.53. The van der Waals surface area contributed by atoms with E-state index < -0.39 is 22.7 Å². The second-order valence-corrected chi connectivity index (χ2v) is 5.02. The maximum Gasteiger partial charge on any atom is 0.308 e. The predicted molar refractivity (Wildman–Crippen MR) is 74.5 cm³/mol. The molecule has 0 spiro atoms. The van der Waals surface area contributed by atoms with Gasteiger partial charge in [-0.25, -0.2) is 0 Å². The molecular formula is C12H13BrN2O5. The van der Waals surface area contributed by atoms with Crippen molar-refractivity contribution in [1.29, 1.82) is 0 Å². The van der Waals surface area contributed by atoms with Crippen LogP contribution in [0, 0.1) is 16.0 Å². The van der Waals surface area contributed by atoms with Crippen molar-refractivity contribution in [1.82, 2.24) is 5.32 Å². The highest BCUT2D eigenvalue weighted by atomic mass is 79.9. The summed E-state index contributed by atoms with van der Waals surface area (Å²) >= 11 is 3.09. The van der Waals surface area contributed by atoms with Crippen LogP contribution in [0.5, 0.6) is 0 Å². The van der Waals surface area contributed by atoms with Crippen molar-refractivity contribution in [3.63, 3.8) is 0 Å². The molecule has 1 aromatic rings. The number of carboxylic acids is 1. The largest absolute Gasteiger partial charge is 0.481 e. The predicted octanol–water partition coefficient (Wildman–Crippen LogP) is 2.20. The van der Waals surface area contributed by atoms with Gasteiger partial charge in [0.25, 0.3) is 11.6 Å². The number of amides is 1. The van der Waals surface area contributed by atoms with Crippen molar-refractivity contribution < 1.29 is 19.6 Å². The average molecular weight is 345 g/mol. The number of halogens is 1. The second kappa shape index (κ2) is 6.99. The van der Waals surface area contributed by atoms with Gasteiger partial charge in [0.1, 0.15) is 0 Å². The smallest absolute Gasteiger partial charge is 0.308 e. The summed E-state index contributed by atoms with van der Waals surface area (Å²) in [5, 5.41) is 22.0. The van der Waals surface area contributed by atoms with Gasteiger partial charge in [0.2, 0.25) is 0 Å². The maximum absolute atomic E-state index is 11.9. The lowest BCUT2D eigenvalue weighted by Gasteiger charge is -2.11. The summed E-state index contributed by atoms with van der Waals surface area (Å²) in [6, 6.07) is 3.86. The molecule has 0 saturated carbocycles. The highest BCUT2D eigenvalue weighted by molar-refractivity contribution is 9.10. The number of nitro benzene ring substituents is 1. The number of hydrogen-bond acceptors (Lipinski definition) is 4. The number of nitrogens with one attached hydrogen (secondary N) is 1. The van der Waals surface area contributed by atoms with Gasteiger partial charge in [-0.3, -0.25) is 19.7 Å². The summed E-state index contributed by atoms with van der Waals surface area (Å²) in [6.07, 6.45) is 0.383. The van der Waals surface area contributed by atoms with Crippen molar-refractivity contribution in [3.8, 4) is 0 Å². The molecule has 1 unspecified atom stereocenters. The maximum atomic E-state index is 11.9. The van der Waals surface area contributed by atoms with E-state index in [2.05, 4.69) is 21.2 Å². The third-order valence-corrected chi connectivity index (χ3v) is 3.16. The van der Waals surface area contributed by atoms with E-state index in [0.717, 1.165) is 6.07 Å². The fraction of sp³-hybridized carbons (Fsp3) is 0.333. The molecule has 20 heavy (non-hydrogen) atoms. The average Bonchev–Trinajstić information content (AvgIpc) is 2.37. The van der Waals surface area contributed by atoms with Gasteiger partial charge in [-0.05, 0) is 12.5 Å². The van der Waals surface area contributed by atoms with Crippen molar-refractivity contribution in [2.24, 2.45) is 5.92 Å². The quantitative estimate of drug-likeness (QED) is 0.607. The van der Waals surface area contributed by atoms with Gasteiger partial charge in [-0.1, -0.05) is 22.9 Å². The van der Waals surface area contributed by atoms with E-state index in [1.54, 1.807) is 6.92 Å². The Hall–Kier alpha value is -1.96. The fourth-order valence-corrected chi connectivity index (χ4v) is 2.02. The highest BCUT2D eigenvalue weighted by Crippen LogP contribution is 2.21. The standard InChI is InChI=1S/C12H13BrN2O5/c1-2-7(12(17)18)6-14-11(16)8-3-9(13)5-10(4-8)15(19)20/h3-5,7H,2,6H2,1H3,(H,14,16)(H,17,18). The van der Waals surface area contributed by atoms with Crippen molar-refractivity contribution in [3.05, 3.63) is 38.3 Å². The van der Waals surface area contributed by atoms with Crippen LogP contribution in [0.4, 0.5) is 5.69 Å². The van der Waals surface area contributed by atoms with Crippen LogP contribution >= 0.6 is 15.9 Å². The summed E-state index contributed by atoms with van der Waals surface area (Å²) in [7, 11) is 0. The Kier molecular flexibility index (Phi) is 5.63. The molecule has 0 aliphatic rings. The minimum Gasteiger partial charge on any atom is -0.481 e. The topological polar surface area (TPSA) is 110 Å². The lowest BCUT2D eigenvalue weighted by atomic mass is 10.1. The lowest BCUT2D eigenvalue weighted by molar-refractivity contribution is -0.385. The number of hydrogen-bond donors (Lipinski definition) is 2. The molecule has 0 bridgehead atoms. The molecule has 1 amide bonds. The molecule has 108 valence electrons. The lowest BCUT2D eigenvalue weighted by Crippen LogP contribution is -2.32. The van der Waals surface area contributed by atoms with Crippen LogP contribution in [0.25, 0.3) is 0 Å². The van der Waals surface area contributed by atoms with Crippen LogP contribution in [0.1, 0.15) is 23.7 Å². The first-order valence-corrected chi connectivity index (χ1v) is 6.60. The van der Waals surface area contributed by atoms with Crippen molar-refractivity contribution >= 4 is 33.5 Å². The molecule has 1 atom stereocenters. The third-order valence-electron chi connectivity index (χ3n) is 2.71. The minimum atomic E-state index is -0.993. The molecule has 0 heterocycles. The van der Waals surface area contributed by atoms with Crippen molar-refractivity contribution in [2.45, 2.75) is 13.3 Å². The summed E-state index contributed by atoms with van der Waals surface area (Å²) in [5.74, 6) is -2.22. The van der Waals surface area contributed by atoms with Gasteiger partial charge in [0, 0.05) is 28.7 Å². The number of aliphatic carboxylic acids is 1. The molecule has 0 fully saturated rings. The Labute approximate surface area is 123 Å². The van der Waals surface area contributed by atoms with E-state index in [4.69, 9.17) is 5.11 Å². The summed E-state index contributed by atoms with van der Waals surface area (Å²) in [5.41, 5.74) is -0.110. The Bertz CT molecular complexity index is 547. The van der Waals surface area contributed by atoms with E-state index in [0.29, 0.717) is 10.9 Å². The molecule has 0 aliphatic carbocycles. The molecule has 0 radical (unpaired) electrons. The van der Waals surface area contributed by atoms with E-state index in [-0.39, 0.29) is 17.8 Å². The van der Waals surface area contributed by atoms with Gasteiger partial charge < -0.3 is 10.4 Å². The first kappa shape index (κ1) is 16.1. The normalized spacial score (nSPS) is 11.7. The minimum absolute atomic E-state index is 0.0228. The van der Waals surface area contributed by atoms with Crippen LogP contribution in [-0.4, -0.2) is 28.5 Å². The number of nitro groups is 1. The zero-order valence-electron chi connectivity index (χ0n) is 10.6. The molecule has 1 aromatic carbocycles. The number of benzene rings is 1. The number of non-ortho nitro benzene ring substituents is 1. The molecule has 0 aromatic heterocycles. The summed E-state index contributed by atoms with van der Waals surface area (Å²) in [4.78, 5) is 32.8. The van der Waals surface area contributed by atoms with Crippen LogP contribution in [0.3, 0.4) is 0 Å². The number of carbonyl (C=O) groups excluding carboxylic acids is 1. The molecule has 0 saturated heterocycles. The number of carboxylic acid groups (broad SMARTS) is 1. The van der Waals surface area contributed by atoms with Gasteiger partial charge in [0.15, 0.2) is 0 Å². The first-order chi connectivity index (χ1) is 9.35. The zero-order valence-corrected chi connectivity index (χ0v) is 12.2. The number of rotatable bonds is 6. The van der Waals surface area contributed by atoms with E-state index in [1.807, 2.05) is 0 Å². The van der Waals surface area contributed by atoms with E-state index in [1.165, 1.54) is 12.1 Å². The van der Waals surface area contributed by atoms with Gasteiger partial charge in [0.05, 0.1) is 10.8 Å². The number of nitrogens with zero attached hydrogens (tertiary/aromatic N) is 1. The van der Waals surface area contributed by atoms with E-state index in [9.17, 15) is 19.7 Å². The molecule has 2 N–H and O–H groups in total. The summed E-state index contributed by atoms with van der Waals surface area (Å²) in [6.45, 7) is 1.68. The Morgan fingerprint density at radius 1 is 1.45 bits per heavy atom. The summed E-state index contributed by atoms with van der Waals surface area (Å²) < 4.78 is 0.405. The van der Waals surface area contributed by atoms with Crippen LogP contribution in [0.2, 0.25) is 0 Å². The third kappa shape index (κ3) is 4.30. The van der Waals surface area contributed by atoms with Crippen LogP contribution < -0.4 is 5.32 Å². The van der Waals surface area contributed by atoms with Crippen LogP contribution in [0.15, 0.2) is 22.7 Å².